The molecule has 2 aromatic heterocycles. The van der Waals surface area contributed by atoms with E-state index in [0.29, 0.717) is 27.7 Å². The second-order valence-electron chi connectivity index (χ2n) is 5.26. The lowest BCUT2D eigenvalue weighted by atomic mass is 10.1. The van der Waals surface area contributed by atoms with Crippen LogP contribution in [0.15, 0.2) is 34.8 Å². The van der Waals surface area contributed by atoms with E-state index in [1.165, 1.54) is 13.0 Å². The van der Waals surface area contributed by atoms with Crippen LogP contribution in [-0.4, -0.2) is 20.5 Å². The van der Waals surface area contributed by atoms with E-state index < -0.39 is 5.82 Å². The molecule has 2 heterocycles. The summed E-state index contributed by atoms with van der Waals surface area (Å²) < 4.78 is 16.4. The number of fused-ring (bicyclic) bond motifs is 1. The lowest BCUT2D eigenvalue weighted by Crippen LogP contribution is -2.03. The van der Waals surface area contributed by atoms with E-state index in [0.717, 1.165) is 5.69 Å². The van der Waals surface area contributed by atoms with Crippen LogP contribution in [0.5, 0.6) is 5.75 Å². The average molecular weight is 377 g/mol. The Labute approximate surface area is 140 Å². The summed E-state index contributed by atoms with van der Waals surface area (Å²) in [6, 6.07) is 7.92. The lowest BCUT2D eigenvalue weighted by molar-refractivity contribution is 0.101. The van der Waals surface area contributed by atoms with Crippen molar-refractivity contribution in [2.24, 2.45) is 0 Å². The predicted octanol–water partition coefficient (Wildman–Crippen LogP) is 4.37. The SMILES string of the molecule is CCc1cc(C(C)=O)c(O)c2cc(-c3ccc(Br)cc3F)nn12. The number of halogens is 2. The van der Waals surface area contributed by atoms with Gasteiger partial charge in [-0.2, -0.15) is 5.10 Å². The Morgan fingerprint density at radius 3 is 2.70 bits per heavy atom. The van der Waals surface area contributed by atoms with Crippen molar-refractivity contribution < 1.29 is 14.3 Å². The van der Waals surface area contributed by atoms with Crippen LogP contribution in [0.1, 0.15) is 29.9 Å². The molecular formula is C17H14BrFN2O2. The number of aromatic nitrogens is 2. The van der Waals surface area contributed by atoms with Crippen LogP contribution >= 0.6 is 15.9 Å². The van der Waals surface area contributed by atoms with E-state index in [1.807, 2.05) is 6.92 Å². The summed E-state index contributed by atoms with van der Waals surface area (Å²) in [6.07, 6.45) is 0.626. The molecule has 6 heteroatoms. The number of aryl methyl sites for hydroxylation is 1. The number of carbonyl (C=O) groups is 1. The normalized spacial score (nSPS) is 11.1. The number of pyridine rings is 1. The third-order valence-corrected chi connectivity index (χ3v) is 4.23. The number of nitrogens with zero attached hydrogens (tertiary/aromatic N) is 2. The molecule has 0 saturated heterocycles. The van der Waals surface area contributed by atoms with Gasteiger partial charge in [0.25, 0.3) is 0 Å². The minimum atomic E-state index is -0.410. The Morgan fingerprint density at radius 1 is 1.35 bits per heavy atom. The molecule has 0 aliphatic heterocycles. The van der Waals surface area contributed by atoms with Crippen molar-refractivity contribution in [1.29, 1.82) is 0 Å². The smallest absolute Gasteiger partial charge is 0.163 e. The van der Waals surface area contributed by atoms with E-state index in [9.17, 15) is 14.3 Å². The van der Waals surface area contributed by atoms with Crippen molar-refractivity contribution in [1.82, 2.24) is 9.61 Å². The van der Waals surface area contributed by atoms with Gasteiger partial charge in [-0.1, -0.05) is 22.9 Å². The third kappa shape index (κ3) is 2.63. The monoisotopic (exact) mass is 376 g/mol. The molecule has 3 rings (SSSR count). The zero-order chi connectivity index (χ0) is 16.7. The molecule has 0 amide bonds. The molecule has 1 aromatic carbocycles. The number of benzene rings is 1. The van der Waals surface area contributed by atoms with Crippen LogP contribution in [0, 0.1) is 5.82 Å². The largest absolute Gasteiger partial charge is 0.505 e. The van der Waals surface area contributed by atoms with Crippen LogP contribution < -0.4 is 0 Å². The highest BCUT2D eigenvalue weighted by atomic mass is 79.9. The first-order valence-corrected chi connectivity index (χ1v) is 7.92. The van der Waals surface area contributed by atoms with E-state index in [-0.39, 0.29) is 17.1 Å². The van der Waals surface area contributed by atoms with Crippen molar-refractivity contribution in [3.63, 3.8) is 0 Å². The highest BCUT2D eigenvalue weighted by Gasteiger charge is 2.18. The third-order valence-electron chi connectivity index (χ3n) is 3.74. The number of rotatable bonds is 3. The van der Waals surface area contributed by atoms with Gasteiger partial charge in [0.1, 0.15) is 11.3 Å². The summed E-state index contributed by atoms with van der Waals surface area (Å²) in [5, 5.41) is 14.7. The quantitative estimate of drug-likeness (QED) is 0.690. The van der Waals surface area contributed by atoms with Gasteiger partial charge >= 0.3 is 0 Å². The Balaban J connectivity index is 2.30. The molecule has 0 aliphatic carbocycles. The van der Waals surface area contributed by atoms with Gasteiger partial charge in [0, 0.05) is 15.7 Å². The first kappa shape index (κ1) is 15.7. The Morgan fingerprint density at radius 2 is 2.09 bits per heavy atom. The van der Waals surface area contributed by atoms with E-state index in [4.69, 9.17) is 0 Å². The van der Waals surface area contributed by atoms with Gasteiger partial charge in [0.15, 0.2) is 11.5 Å². The summed E-state index contributed by atoms with van der Waals surface area (Å²) in [5.41, 5.74) is 2.15. The first-order chi connectivity index (χ1) is 10.9. The molecule has 0 aliphatic rings. The van der Waals surface area contributed by atoms with Crippen molar-refractivity contribution >= 4 is 27.2 Å². The maximum Gasteiger partial charge on any atom is 0.163 e. The zero-order valence-electron chi connectivity index (χ0n) is 12.6. The molecule has 0 atom stereocenters. The van der Waals surface area contributed by atoms with Crippen molar-refractivity contribution in [2.75, 3.05) is 0 Å². The number of ketones is 1. The summed E-state index contributed by atoms with van der Waals surface area (Å²) in [7, 11) is 0. The second kappa shape index (κ2) is 5.77. The van der Waals surface area contributed by atoms with Crippen LogP contribution in [-0.2, 0) is 6.42 Å². The second-order valence-corrected chi connectivity index (χ2v) is 6.17. The van der Waals surface area contributed by atoms with Crippen LogP contribution in [0.4, 0.5) is 4.39 Å². The molecule has 4 nitrogen and oxygen atoms in total. The Bertz CT molecular complexity index is 934. The lowest BCUT2D eigenvalue weighted by Gasteiger charge is -2.07. The molecule has 0 radical (unpaired) electrons. The molecule has 1 N–H and O–H groups in total. The Hall–Kier alpha value is -2.21. The van der Waals surface area contributed by atoms with Gasteiger partial charge < -0.3 is 5.11 Å². The molecule has 3 aromatic rings. The van der Waals surface area contributed by atoms with E-state index >= 15 is 0 Å². The number of Topliss-reactive ketones (excluding diaryl/α,β-unsaturated/α-hetero) is 1. The molecule has 0 unspecified atom stereocenters. The van der Waals surface area contributed by atoms with E-state index in [1.54, 1.807) is 28.8 Å². The van der Waals surface area contributed by atoms with Crippen molar-refractivity contribution in [3.8, 4) is 17.0 Å². The Kier molecular flexibility index (Phi) is 3.93. The van der Waals surface area contributed by atoms with E-state index in [2.05, 4.69) is 21.0 Å². The summed E-state index contributed by atoms with van der Waals surface area (Å²) in [5.74, 6) is -0.768. The fraction of sp³-hybridized carbons (Fsp3) is 0.176. The van der Waals surface area contributed by atoms with Crippen LogP contribution in [0.25, 0.3) is 16.8 Å². The van der Waals surface area contributed by atoms with Crippen LogP contribution in [0.2, 0.25) is 0 Å². The fourth-order valence-corrected chi connectivity index (χ4v) is 2.88. The zero-order valence-corrected chi connectivity index (χ0v) is 14.2. The predicted molar refractivity (Wildman–Crippen MR) is 89.3 cm³/mol. The number of hydrogen-bond acceptors (Lipinski definition) is 3. The average Bonchev–Trinajstić information content (AvgIpc) is 2.92. The molecule has 23 heavy (non-hydrogen) atoms. The standard InChI is InChI=1S/C17H14BrFN2O2/c1-3-11-7-13(9(2)22)17(23)16-8-15(20-21(11)16)12-5-4-10(18)6-14(12)19/h4-8,23H,3H2,1-2H3. The molecule has 0 saturated carbocycles. The maximum absolute atomic E-state index is 14.2. The molecule has 0 fully saturated rings. The number of hydrogen-bond donors (Lipinski definition) is 1. The van der Waals surface area contributed by atoms with Crippen molar-refractivity contribution in [3.05, 3.63) is 51.9 Å². The molecule has 0 bridgehead atoms. The maximum atomic E-state index is 14.2. The van der Waals surface area contributed by atoms with Gasteiger partial charge in [-0.3, -0.25) is 4.79 Å². The van der Waals surface area contributed by atoms with Gasteiger partial charge in [0.2, 0.25) is 0 Å². The summed E-state index contributed by atoms with van der Waals surface area (Å²) in [6.45, 7) is 3.33. The molecule has 0 spiro atoms. The topological polar surface area (TPSA) is 54.6 Å². The summed E-state index contributed by atoms with van der Waals surface area (Å²) >= 11 is 3.22. The minimum absolute atomic E-state index is 0.133. The molecule has 118 valence electrons. The number of carbonyl (C=O) groups excluding carboxylic acids is 1. The highest BCUT2D eigenvalue weighted by molar-refractivity contribution is 9.10. The van der Waals surface area contributed by atoms with Gasteiger partial charge in [0.05, 0.1) is 11.3 Å². The van der Waals surface area contributed by atoms with Crippen LogP contribution in [0.3, 0.4) is 0 Å². The van der Waals surface area contributed by atoms with Gasteiger partial charge in [-0.25, -0.2) is 8.91 Å². The molecular weight excluding hydrogens is 363 g/mol. The van der Waals surface area contributed by atoms with Gasteiger partial charge in [-0.15, -0.1) is 0 Å². The highest BCUT2D eigenvalue weighted by Crippen LogP contribution is 2.31. The summed E-state index contributed by atoms with van der Waals surface area (Å²) in [4.78, 5) is 11.7. The minimum Gasteiger partial charge on any atom is -0.505 e. The van der Waals surface area contributed by atoms with Gasteiger partial charge in [-0.05, 0) is 43.7 Å². The van der Waals surface area contributed by atoms with Crippen molar-refractivity contribution in [2.45, 2.75) is 20.3 Å². The fourth-order valence-electron chi connectivity index (χ4n) is 2.55. The first-order valence-electron chi connectivity index (χ1n) is 7.13. The number of aromatic hydroxyl groups is 1.